The number of unbranched alkanes of at least 4 members (excludes halogenated alkanes) is 1. The van der Waals surface area contributed by atoms with Crippen molar-refractivity contribution in [2.75, 3.05) is 31.3 Å². The summed E-state index contributed by atoms with van der Waals surface area (Å²) in [5.41, 5.74) is 9.57. The van der Waals surface area contributed by atoms with E-state index in [4.69, 9.17) is 10.7 Å². The number of nitrogens with one attached hydrogen (secondary N) is 1. The summed E-state index contributed by atoms with van der Waals surface area (Å²) in [6.45, 7) is 3.34. The number of pyridine rings is 1. The lowest BCUT2D eigenvalue weighted by molar-refractivity contribution is 0.0952. The summed E-state index contributed by atoms with van der Waals surface area (Å²) < 4.78 is 16.4. The topological polar surface area (TPSA) is 89.1 Å². The first kappa shape index (κ1) is 22.5. The number of para-hydroxylation sites is 1. The number of nitrogens with two attached hydrogens (primary N) is 1. The van der Waals surface area contributed by atoms with Gasteiger partial charge in [0.05, 0.1) is 16.7 Å². The average Bonchev–Trinajstić information content (AvgIpc) is 3.18. The van der Waals surface area contributed by atoms with Crippen molar-refractivity contribution in [3.63, 3.8) is 0 Å². The minimum absolute atomic E-state index is 0.272. The zero-order valence-electron chi connectivity index (χ0n) is 19.2. The molecule has 0 bridgehead atoms. The number of fused-ring (bicyclic) bond motifs is 3. The predicted molar refractivity (Wildman–Crippen MR) is 131 cm³/mol. The highest BCUT2D eigenvalue weighted by Gasteiger charge is 2.16. The number of hydrogen-bond acceptors (Lipinski definition) is 5. The van der Waals surface area contributed by atoms with Gasteiger partial charge in [-0.25, -0.2) is 14.4 Å². The van der Waals surface area contributed by atoms with Gasteiger partial charge in [-0.3, -0.25) is 4.79 Å². The van der Waals surface area contributed by atoms with Crippen molar-refractivity contribution in [1.29, 1.82) is 0 Å². The van der Waals surface area contributed by atoms with E-state index in [0.717, 1.165) is 53.6 Å². The Morgan fingerprint density at radius 3 is 2.67 bits per heavy atom. The third-order valence-corrected chi connectivity index (χ3v) is 5.79. The molecule has 4 rings (SSSR count). The van der Waals surface area contributed by atoms with Crippen LogP contribution in [0.2, 0.25) is 0 Å². The molecule has 2 heterocycles. The molecule has 2 aromatic heterocycles. The number of nitrogen functional groups attached to an aromatic ring is 1. The van der Waals surface area contributed by atoms with Crippen LogP contribution in [0, 0.1) is 5.82 Å². The zero-order chi connectivity index (χ0) is 23.5. The van der Waals surface area contributed by atoms with Crippen molar-refractivity contribution in [3.8, 4) is 0 Å². The first-order valence-corrected chi connectivity index (χ1v) is 11.2. The van der Waals surface area contributed by atoms with Gasteiger partial charge < -0.3 is 20.5 Å². The van der Waals surface area contributed by atoms with E-state index in [1.807, 2.05) is 24.3 Å². The van der Waals surface area contributed by atoms with Gasteiger partial charge in [0.25, 0.3) is 5.91 Å². The van der Waals surface area contributed by atoms with Crippen LogP contribution in [-0.2, 0) is 13.0 Å². The predicted octanol–water partition coefficient (Wildman–Crippen LogP) is 4.14. The molecule has 2 aromatic carbocycles. The van der Waals surface area contributed by atoms with Crippen molar-refractivity contribution in [1.82, 2.24) is 19.9 Å². The third-order valence-electron chi connectivity index (χ3n) is 5.79. The summed E-state index contributed by atoms with van der Waals surface area (Å²) >= 11 is 0. The Kier molecular flexibility index (Phi) is 6.44. The summed E-state index contributed by atoms with van der Waals surface area (Å²) in [5.74, 6) is 0.728. The summed E-state index contributed by atoms with van der Waals surface area (Å²) in [7, 11) is 3.53. The molecule has 7 nitrogen and oxygen atoms in total. The number of carbonyl (C=O) groups is 1. The van der Waals surface area contributed by atoms with E-state index >= 15 is 0 Å². The van der Waals surface area contributed by atoms with Crippen LogP contribution in [0.4, 0.5) is 15.9 Å². The number of hydrogen-bond donors (Lipinski definition) is 2. The number of amides is 1. The molecule has 3 N–H and O–H groups in total. The molecule has 0 saturated carbocycles. The number of imidazole rings is 1. The van der Waals surface area contributed by atoms with Crippen molar-refractivity contribution in [3.05, 3.63) is 59.7 Å². The molecule has 8 heteroatoms. The largest absolute Gasteiger partial charge is 0.382 e. The van der Waals surface area contributed by atoms with Crippen LogP contribution in [0.25, 0.3) is 21.9 Å². The van der Waals surface area contributed by atoms with E-state index in [0.29, 0.717) is 23.6 Å². The standard InChI is InChI=1S/C25H29FN6O/c1-4-21-30-22-23(17-9-5-6-10-19(17)29-24(22)27)32(21)14-8-7-13-28-25(33)16-11-12-20(31(2)3)18(26)15-16/h5-6,9-12,15H,4,7-8,13-14H2,1-3H3,(H2,27,29)(H,28,33). The average molecular weight is 449 g/mol. The zero-order valence-corrected chi connectivity index (χ0v) is 19.2. The van der Waals surface area contributed by atoms with Crippen molar-refractivity contribution < 1.29 is 9.18 Å². The molecule has 1 amide bonds. The smallest absolute Gasteiger partial charge is 0.251 e. The van der Waals surface area contributed by atoms with Gasteiger partial charge in [-0.15, -0.1) is 0 Å². The molecule has 4 aromatic rings. The number of aryl methyl sites for hydroxylation is 2. The second kappa shape index (κ2) is 9.44. The van der Waals surface area contributed by atoms with Crippen molar-refractivity contribution >= 4 is 39.3 Å². The maximum absolute atomic E-state index is 14.2. The second-order valence-electron chi connectivity index (χ2n) is 8.27. The maximum atomic E-state index is 14.2. The number of anilines is 2. The van der Waals surface area contributed by atoms with Gasteiger partial charge in [-0.2, -0.15) is 0 Å². The van der Waals surface area contributed by atoms with Gasteiger partial charge >= 0.3 is 0 Å². The van der Waals surface area contributed by atoms with Crippen LogP contribution in [0.15, 0.2) is 42.5 Å². The molecule has 0 aliphatic carbocycles. The van der Waals surface area contributed by atoms with Gasteiger partial charge in [0.15, 0.2) is 5.82 Å². The first-order valence-electron chi connectivity index (χ1n) is 11.2. The van der Waals surface area contributed by atoms with E-state index < -0.39 is 5.82 Å². The third kappa shape index (κ3) is 4.46. The Labute approximate surface area is 192 Å². The molecule has 172 valence electrons. The van der Waals surface area contributed by atoms with Crippen LogP contribution in [0.1, 0.15) is 35.9 Å². The highest BCUT2D eigenvalue weighted by molar-refractivity contribution is 6.06. The normalized spacial score (nSPS) is 11.3. The molecule has 0 aliphatic heterocycles. The molecular weight excluding hydrogens is 419 g/mol. The minimum atomic E-state index is -0.410. The first-order chi connectivity index (χ1) is 15.9. The SMILES string of the molecule is CCc1nc2c(N)nc3ccccc3c2n1CCCCNC(=O)c1ccc(N(C)C)c(F)c1. The van der Waals surface area contributed by atoms with Crippen LogP contribution >= 0.6 is 0 Å². The Bertz CT molecular complexity index is 1310. The number of rotatable bonds is 8. The number of carbonyl (C=O) groups excluding carboxylic acids is 1. The molecule has 0 saturated heterocycles. The Hall–Kier alpha value is -3.68. The van der Waals surface area contributed by atoms with Gasteiger partial charge in [0.1, 0.15) is 17.2 Å². The molecule has 0 radical (unpaired) electrons. The molecule has 0 aliphatic rings. The summed E-state index contributed by atoms with van der Waals surface area (Å²) in [6.07, 6.45) is 2.42. The second-order valence-corrected chi connectivity index (χ2v) is 8.27. The van der Waals surface area contributed by atoms with Gasteiger partial charge in [-0.05, 0) is 37.1 Å². The lowest BCUT2D eigenvalue weighted by atomic mass is 10.1. The van der Waals surface area contributed by atoms with E-state index in [1.54, 1.807) is 31.1 Å². The molecule has 0 fully saturated rings. The summed E-state index contributed by atoms with van der Waals surface area (Å²) in [5, 5.41) is 3.92. The van der Waals surface area contributed by atoms with Crippen LogP contribution in [0.5, 0.6) is 0 Å². The lowest BCUT2D eigenvalue weighted by Gasteiger charge is -2.14. The van der Waals surface area contributed by atoms with Crippen molar-refractivity contribution in [2.45, 2.75) is 32.7 Å². The molecule has 0 atom stereocenters. The number of aromatic nitrogens is 3. The number of benzene rings is 2. The van der Waals surface area contributed by atoms with E-state index in [-0.39, 0.29) is 5.91 Å². The number of nitrogens with zero attached hydrogens (tertiary/aromatic N) is 4. The van der Waals surface area contributed by atoms with Crippen LogP contribution in [0.3, 0.4) is 0 Å². The molecule has 0 unspecified atom stereocenters. The van der Waals surface area contributed by atoms with E-state index in [9.17, 15) is 9.18 Å². The molecular formula is C25H29FN6O. The lowest BCUT2D eigenvalue weighted by Crippen LogP contribution is -2.25. The molecule has 33 heavy (non-hydrogen) atoms. The van der Waals surface area contributed by atoms with Crippen molar-refractivity contribution in [2.24, 2.45) is 0 Å². The Morgan fingerprint density at radius 1 is 1.15 bits per heavy atom. The molecule has 0 spiro atoms. The fourth-order valence-electron chi connectivity index (χ4n) is 4.13. The van der Waals surface area contributed by atoms with Crippen LogP contribution in [-0.4, -0.2) is 41.1 Å². The Morgan fingerprint density at radius 2 is 1.94 bits per heavy atom. The van der Waals surface area contributed by atoms with E-state index in [2.05, 4.69) is 21.8 Å². The summed E-state index contributed by atoms with van der Waals surface area (Å²) in [4.78, 5) is 23.3. The Balaban J connectivity index is 1.42. The fraction of sp³-hybridized carbons (Fsp3) is 0.320. The maximum Gasteiger partial charge on any atom is 0.251 e. The number of halogens is 1. The highest BCUT2D eigenvalue weighted by Crippen LogP contribution is 2.29. The minimum Gasteiger partial charge on any atom is -0.382 e. The monoisotopic (exact) mass is 448 g/mol. The quantitative estimate of drug-likeness (QED) is 0.396. The highest BCUT2D eigenvalue weighted by atomic mass is 19.1. The van der Waals surface area contributed by atoms with Gasteiger partial charge in [-0.1, -0.05) is 25.1 Å². The summed E-state index contributed by atoms with van der Waals surface area (Å²) in [6, 6.07) is 12.5. The van der Waals surface area contributed by atoms with Gasteiger partial charge in [0.2, 0.25) is 0 Å². The van der Waals surface area contributed by atoms with Crippen LogP contribution < -0.4 is 16.0 Å². The van der Waals surface area contributed by atoms with E-state index in [1.165, 1.54) is 6.07 Å². The fourth-order valence-corrected chi connectivity index (χ4v) is 4.13. The van der Waals surface area contributed by atoms with Gasteiger partial charge in [0, 0.05) is 44.6 Å².